The second-order valence-corrected chi connectivity index (χ2v) is 4.56. The molecule has 4 heteroatoms. The van der Waals surface area contributed by atoms with Crippen LogP contribution in [0.2, 0.25) is 0 Å². The molecule has 0 aromatic heterocycles. The highest BCUT2D eigenvalue weighted by atomic mass is 16.3. The first-order valence-electron chi connectivity index (χ1n) is 5.98. The summed E-state index contributed by atoms with van der Waals surface area (Å²) in [6.45, 7) is 5.23. The van der Waals surface area contributed by atoms with Gasteiger partial charge in [-0.15, -0.1) is 0 Å². The number of carbonyl (C=O) groups is 2. The number of aliphatic hydroxyl groups excluding tert-OH is 1. The molecule has 0 saturated carbocycles. The summed E-state index contributed by atoms with van der Waals surface area (Å²) in [5.41, 5.74) is 1.10. The van der Waals surface area contributed by atoms with E-state index in [1.54, 1.807) is 24.3 Å². The number of aliphatic hydroxyl groups is 1. The van der Waals surface area contributed by atoms with Crippen LogP contribution in [-0.2, 0) is 0 Å². The quantitative estimate of drug-likeness (QED) is 0.779. The molecule has 1 aromatic rings. The van der Waals surface area contributed by atoms with Crippen LogP contribution in [0.3, 0.4) is 0 Å². The standard InChI is InChI=1S/C14H19NO3/c1-9(8-16)10(2)15-14(18)13-6-4-12(5-7-13)11(3)17/h4-7,9-10,16H,8H2,1-3H3,(H,15,18). The van der Waals surface area contributed by atoms with Crippen molar-refractivity contribution in [3.63, 3.8) is 0 Å². The average molecular weight is 249 g/mol. The van der Waals surface area contributed by atoms with E-state index in [0.29, 0.717) is 11.1 Å². The van der Waals surface area contributed by atoms with Crippen molar-refractivity contribution in [2.24, 2.45) is 5.92 Å². The molecular formula is C14H19NO3. The summed E-state index contributed by atoms with van der Waals surface area (Å²) in [7, 11) is 0. The third-order valence-electron chi connectivity index (χ3n) is 3.05. The maximum Gasteiger partial charge on any atom is 0.251 e. The highest BCUT2D eigenvalue weighted by molar-refractivity contribution is 5.97. The predicted octanol–water partition coefficient (Wildman–Crippen LogP) is 1.64. The molecule has 0 saturated heterocycles. The molecule has 1 aromatic carbocycles. The molecule has 0 aliphatic heterocycles. The molecule has 0 spiro atoms. The Morgan fingerprint density at radius 3 is 2.11 bits per heavy atom. The minimum Gasteiger partial charge on any atom is -0.396 e. The molecule has 0 fully saturated rings. The van der Waals surface area contributed by atoms with Gasteiger partial charge >= 0.3 is 0 Å². The highest BCUT2D eigenvalue weighted by Crippen LogP contribution is 2.07. The second-order valence-electron chi connectivity index (χ2n) is 4.56. The van der Waals surface area contributed by atoms with E-state index in [-0.39, 0.29) is 30.3 Å². The maximum atomic E-state index is 11.9. The number of benzene rings is 1. The SMILES string of the molecule is CC(=O)c1ccc(C(=O)NC(C)C(C)CO)cc1. The van der Waals surface area contributed by atoms with Gasteiger partial charge in [0.15, 0.2) is 5.78 Å². The van der Waals surface area contributed by atoms with Crippen LogP contribution in [0.5, 0.6) is 0 Å². The topological polar surface area (TPSA) is 66.4 Å². The molecule has 2 unspecified atom stereocenters. The number of hydrogen-bond acceptors (Lipinski definition) is 3. The summed E-state index contributed by atoms with van der Waals surface area (Å²) >= 11 is 0. The molecule has 0 radical (unpaired) electrons. The number of ketones is 1. The van der Waals surface area contributed by atoms with E-state index in [0.717, 1.165) is 0 Å². The summed E-state index contributed by atoms with van der Waals surface area (Å²) in [4.78, 5) is 23.0. The van der Waals surface area contributed by atoms with Crippen LogP contribution in [0.15, 0.2) is 24.3 Å². The molecule has 1 rings (SSSR count). The van der Waals surface area contributed by atoms with Crippen LogP contribution < -0.4 is 5.32 Å². The van der Waals surface area contributed by atoms with E-state index in [9.17, 15) is 9.59 Å². The largest absolute Gasteiger partial charge is 0.396 e. The molecule has 98 valence electrons. The first kappa shape index (κ1) is 14.4. The fourth-order valence-corrected chi connectivity index (χ4v) is 1.45. The molecular weight excluding hydrogens is 230 g/mol. The lowest BCUT2D eigenvalue weighted by Crippen LogP contribution is -2.38. The summed E-state index contributed by atoms with van der Waals surface area (Å²) in [6, 6.07) is 6.43. The molecule has 0 heterocycles. The Morgan fingerprint density at radius 1 is 1.17 bits per heavy atom. The molecule has 18 heavy (non-hydrogen) atoms. The van der Waals surface area contributed by atoms with Crippen molar-refractivity contribution in [3.05, 3.63) is 35.4 Å². The lowest BCUT2D eigenvalue weighted by molar-refractivity contribution is 0.0914. The first-order valence-corrected chi connectivity index (χ1v) is 5.98. The maximum absolute atomic E-state index is 11.9. The Balaban J connectivity index is 2.70. The van der Waals surface area contributed by atoms with Crippen LogP contribution in [0.25, 0.3) is 0 Å². The lowest BCUT2D eigenvalue weighted by Gasteiger charge is -2.19. The number of hydrogen-bond donors (Lipinski definition) is 2. The molecule has 0 aliphatic rings. The van der Waals surface area contributed by atoms with E-state index in [1.807, 2.05) is 13.8 Å². The van der Waals surface area contributed by atoms with Crippen molar-refractivity contribution in [1.82, 2.24) is 5.32 Å². The second kappa shape index (κ2) is 6.31. The minimum atomic E-state index is -0.196. The zero-order valence-electron chi connectivity index (χ0n) is 10.9. The Hall–Kier alpha value is -1.68. The van der Waals surface area contributed by atoms with E-state index in [2.05, 4.69) is 5.32 Å². The Kier molecular flexibility index (Phi) is 5.04. The normalized spacial score (nSPS) is 13.8. The average Bonchev–Trinajstić information content (AvgIpc) is 2.37. The van der Waals surface area contributed by atoms with Gasteiger partial charge in [0, 0.05) is 23.8 Å². The van der Waals surface area contributed by atoms with Crippen LogP contribution in [0.4, 0.5) is 0 Å². The van der Waals surface area contributed by atoms with Crippen LogP contribution in [0, 0.1) is 5.92 Å². The van der Waals surface area contributed by atoms with Crippen molar-refractivity contribution >= 4 is 11.7 Å². The number of rotatable bonds is 5. The van der Waals surface area contributed by atoms with Gasteiger partial charge in [-0.1, -0.05) is 19.1 Å². The van der Waals surface area contributed by atoms with Gasteiger partial charge in [0.2, 0.25) is 0 Å². The monoisotopic (exact) mass is 249 g/mol. The van der Waals surface area contributed by atoms with Gasteiger partial charge in [-0.3, -0.25) is 9.59 Å². The Bertz CT molecular complexity index is 425. The van der Waals surface area contributed by atoms with Crippen LogP contribution in [0.1, 0.15) is 41.5 Å². The molecule has 0 aliphatic carbocycles. The molecule has 2 atom stereocenters. The number of nitrogens with one attached hydrogen (secondary N) is 1. The van der Waals surface area contributed by atoms with Crippen LogP contribution >= 0.6 is 0 Å². The minimum absolute atomic E-state index is 0.00504. The summed E-state index contributed by atoms with van der Waals surface area (Å²) in [5, 5.41) is 11.8. The fraction of sp³-hybridized carbons (Fsp3) is 0.429. The van der Waals surface area contributed by atoms with Crippen molar-refractivity contribution < 1.29 is 14.7 Å². The van der Waals surface area contributed by atoms with Gasteiger partial charge < -0.3 is 10.4 Å². The van der Waals surface area contributed by atoms with E-state index >= 15 is 0 Å². The van der Waals surface area contributed by atoms with E-state index in [1.165, 1.54) is 6.92 Å². The van der Waals surface area contributed by atoms with Gasteiger partial charge in [-0.05, 0) is 31.9 Å². The fourth-order valence-electron chi connectivity index (χ4n) is 1.45. The third-order valence-corrected chi connectivity index (χ3v) is 3.05. The summed E-state index contributed by atoms with van der Waals surface area (Å²) in [6.07, 6.45) is 0. The third kappa shape index (κ3) is 3.67. The lowest BCUT2D eigenvalue weighted by atomic mass is 10.0. The summed E-state index contributed by atoms with van der Waals surface area (Å²) < 4.78 is 0. The van der Waals surface area contributed by atoms with Gasteiger partial charge in [-0.25, -0.2) is 0 Å². The zero-order valence-corrected chi connectivity index (χ0v) is 10.9. The number of carbonyl (C=O) groups excluding carboxylic acids is 2. The summed E-state index contributed by atoms with van der Waals surface area (Å²) in [5.74, 6) is -0.215. The van der Waals surface area contributed by atoms with E-state index in [4.69, 9.17) is 5.11 Å². The van der Waals surface area contributed by atoms with Crippen molar-refractivity contribution in [3.8, 4) is 0 Å². The van der Waals surface area contributed by atoms with Gasteiger partial charge in [0.05, 0.1) is 0 Å². The van der Waals surface area contributed by atoms with Crippen molar-refractivity contribution in [2.45, 2.75) is 26.8 Å². The molecule has 1 amide bonds. The number of Topliss-reactive ketones (excluding diaryl/α,β-unsaturated/α-hetero) is 1. The van der Waals surface area contributed by atoms with Crippen molar-refractivity contribution in [1.29, 1.82) is 0 Å². The van der Waals surface area contributed by atoms with E-state index < -0.39 is 0 Å². The zero-order chi connectivity index (χ0) is 13.7. The van der Waals surface area contributed by atoms with Crippen molar-refractivity contribution in [2.75, 3.05) is 6.61 Å². The highest BCUT2D eigenvalue weighted by Gasteiger charge is 2.15. The molecule has 0 bridgehead atoms. The predicted molar refractivity (Wildman–Crippen MR) is 69.6 cm³/mol. The smallest absolute Gasteiger partial charge is 0.251 e. The number of amides is 1. The molecule has 2 N–H and O–H groups in total. The Labute approximate surface area is 107 Å². The van der Waals surface area contributed by atoms with Crippen LogP contribution in [-0.4, -0.2) is 29.4 Å². The van der Waals surface area contributed by atoms with Gasteiger partial charge in [0.1, 0.15) is 0 Å². The first-order chi connectivity index (χ1) is 8.45. The Morgan fingerprint density at radius 2 is 1.67 bits per heavy atom. The van der Waals surface area contributed by atoms with Gasteiger partial charge in [0.25, 0.3) is 5.91 Å². The van der Waals surface area contributed by atoms with Gasteiger partial charge in [-0.2, -0.15) is 0 Å². The molecule has 4 nitrogen and oxygen atoms in total.